The zero-order chi connectivity index (χ0) is 19.1. The van der Waals surface area contributed by atoms with Gasteiger partial charge in [0.25, 0.3) is 5.91 Å². The van der Waals surface area contributed by atoms with Crippen molar-refractivity contribution in [3.8, 4) is 5.75 Å². The molecule has 1 aromatic heterocycles. The second-order valence-electron chi connectivity index (χ2n) is 5.98. The maximum Gasteiger partial charge on any atom is 0.272 e. The van der Waals surface area contributed by atoms with Crippen LogP contribution < -0.4 is 10.1 Å². The van der Waals surface area contributed by atoms with E-state index in [2.05, 4.69) is 29.1 Å². The van der Waals surface area contributed by atoms with Gasteiger partial charge < -0.3 is 15.0 Å². The van der Waals surface area contributed by atoms with E-state index >= 15 is 0 Å². The first-order chi connectivity index (χ1) is 12.5. The van der Waals surface area contributed by atoms with Crippen molar-refractivity contribution in [2.24, 2.45) is 0 Å². The van der Waals surface area contributed by atoms with Gasteiger partial charge in [-0.3, -0.25) is 4.79 Å². The number of anilines is 2. The van der Waals surface area contributed by atoms with Crippen LogP contribution >= 0.6 is 11.6 Å². The van der Waals surface area contributed by atoms with Crippen molar-refractivity contribution in [2.45, 2.75) is 33.6 Å². The van der Waals surface area contributed by atoms with E-state index in [0.29, 0.717) is 35.5 Å². The van der Waals surface area contributed by atoms with Gasteiger partial charge in [-0.2, -0.15) is 0 Å². The Balaban J connectivity index is 2.26. The minimum atomic E-state index is -0.0741. The summed E-state index contributed by atoms with van der Waals surface area (Å²) in [7, 11) is 1.56. The van der Waals surface area contributed by atoms with Crippen LogP contribution in [-0.4, -0.2) is 41.0 Å². The molecule has 1 heterocycles. The topological polar surface area (TPSA) is 67.4 Å². The number of carbonyl (C=O) groups excluding carboxylic acids is 1. The lowest BCUT2D eigenvalue weighted by Gasteiger charge is -2.21. The molecule has 140 valence electrons. The Hall–Kier alpha value is -2.34. The maximum atomic E-state index is 12.8. The Morgan fingerprint density at radius 1 is 1.19 bits per heavy atom. The van der Waals surface area contributed by atoms with Gasteiger partial charge in [0, 0.05) is 24.5 Å². The number of benzene rings is 1. The number of nitrogens with zero attached hydrogens (tertiary/aromatic N) is 3. The number of nitrogens with one attached hydrogen (secondary N) is 1. The largest absolute Gasteiger partial charge is 0.495 e. The number of ether oxygens (including phenoxy) is 1. The summed E-state index contributed by atoms with van der Waals surface area (Å²) in [5.74, 6) is 0.880. The summed E-state index contributed by atoms with van der Waals surface area (Å²) in [5.41, 5.74) is 1.83. The Morgan fingerprint density at radius 2 is 1.88 bits per heavy atom. The Labute approximate surface area is 159 Å². The van der Waals surface area contributed by atoms with E-state index < -0.39 is 0 Å². The SMILES string of the molecule is CCCN(CCC)C(=O)c1cc(C)nc(Nc2ccc(OC)c(Cl)c2)n1. The van der Waals surface area contributed by atoms with E-state index in [0.717, 1.165) is 24.2 Å². The molecule has 0 atom stereocenters. The number of rotatable bonds is 8. The molecule has 0 saturated carbocycles. The minimum absolute atomic E-state index is 0.0741. The first kappa shape index (κ1) is 20.0. The van der Waals surface area contributed by atoms with Crippen molar-refractivity contribution in [1.82, 2.24) is 14.9 Å². The highest BCUT2D eigenvalue weighted by Gasteiger charge is 2.17. The lowest BCUT2D eigenvalue weighted by molar-refractivity contribution is 0.0749. The number of hydrogen-bond donors (Lipinski definition) is 1. The molecule has 26 heavy (non-hydrogen) atoms. The molecule has 6 nitrogen and oxygen atoms in total. The molecule has 0 bridgehead atoms. The number of hydrogen-bond acceptors (Lipinski definition) is 5. The van der Waals surface area contributed by atoms with Gasteiger partial charge in [-0.1, -0.05) is 25.4 Å². The predicted octanol–water partition coefficient (Wildman–Crippen LogP) is 4.45. The molecule has 0 fully saturated rings. The van der Waals surface area contributed by atoms with E-state index in [9.17, 15) is 4.79 Å². The van der Waals surface area contributed by atoms with Crippen LogP contribution in [0.2, 0.25) is 5.02 Å². The molecule has 1 amide bonds. The Bertz CT molecular complexity index is 761. The smallest absolute Gasteiger partial charge is 0.272 e. The summed E-state index contributed by atoms with van der Waals surface area (Å²) >= 11 is 6.15. The second-order valence-corrected chi connectivity index (χ2v) is 6.39. The number of halogens is 1. The summed E-state index contributed by atoms with van der Waals surface area (Å²) in [5, 5.41) is 3.59. The maximum absolute atomic E-state index is 12.8. The normalized spacial score (nSPS) is 10.5. The van der Waals surface area contributed by atoms with E-state index in [-0.39, 0.29) is 5.91 Å². The number of amides is 1. The molecule has 1 N–H and O–H groups in total. The minimum Gasteiger partial charge on any atom is -0.495 e. The van der Waals surface area contributed by atoms with Crippen LogP contribution in [0, 0.1) is 6.92 Å². The Morgan fingerprint density at radius 3 is 2.46 bits per heavy atom. The van der Waals surface area contributed by atoms with Crippen LogP contribution in [0.4, 0.5) is 11.6 Å². The van der Waals surface area contributed by atoms with Crippen LogP contribution in [0.3, 0.4) is 0 Å². The van der Waals surface area contributed by atoms with Crippen molar-refractivity contribution in [3.05, 3.63) is 40.7 Å². The first-order valence-electron chi connectivity index (χ1n) is 8.74. The van der Waals surface area contributed by atoms with Crippen molar-refractivity contribution in [1.29, 1.82) is 0 Å². The molecule has 7 heteroatoms. The van der Waals surface area contributed by atoms with E-state index in [1.165, 1.54) is 0 Å². The molecule has 0 unspecified atom stereocenters. The quantitative estimate of drug-likeness (QED) is 0.737. The fourth-order valence-corrected chi connectivity index (χ4v) is 2.88. The van der Waals surface area contributed by atoms with Crippen molar-refractivity contribution < 1.29 is 9.53 Å². The highest BCUT2D eigenvalue weighted by molar-refractivity contribution is 6.32. The number of methoxy groups -OCH3 is 1. The van der Waals surface area contributed by atoms with Gasteiger partial charge in [0.05, 0.1) is 12.1 Å². The average molecular weight is 377 g/mol. The molecule has 0 aliphatic carbocycles. The molecule has 0 aliphatic rings. The molecule has 2 aromatic rings. The van der Waals surface area contributed by atoms with Gasteiger partial charge in [0.1, 0.15) is 11.4 Å². The third-order valence-electron chi connectivity index (χ3n) is 3.76. The molecule has 2 rings (SSSR count). The zero-order valence-corrected chi connectivity index (χ0v) is 16.4. The zero-order valence-electron chi connectivity index (χ0n) is 15.7. The van der Waals surface area contributed by atoms with Crippen molar-refractivity contribution in [2.75, 3.05) is 25.5 Å². The molecular formula is C19H25ClN4O2. The fraction of sp³-hybridized carbons (Fsp3) is 0.421. The predicted molar refractivity (Wildman–Crippen MR) is 105 cm³/mol. The van der Waals surface area contributed by atoms with Crippen LogP contribution in [0.15, 0.2) is 24.3 Å². The highest BCUT2D eigenvalue weighted by atomic mass is 35.5. The lowest BCUT2D eigenvalue weighted by Crippen LogP contribution is -2.33. The monoisotopic (exact) mass is 376 g/mol. The summed E-state index contributed by atoms with van der Waals surface area (Å²) < 4.78 is 5.15. The third-order valence-corrected chi connectivity index (χ3v) is 4.05. The van der Waals surface area contributed by atoms with Crippen LogP contribution in [0.5, 0.6) is 5.75 Å². The van der Waals surface area contributed by atoms with Gasteiger partial charge in [-0.15, -0.1) is 0 Å². The van der Waals surface area contributed by atoms with Gasteiger partial charge >= 0.3 is 0 Å². The lowest BCUT2D eigenvalue weighted by atomic mass is 10.2. The number of aryl methyl sites for hydroxylation is 1. The third kappa shape index (κ3) is 5.08. The van der Waals surface area contributed by atoms with Crippen LogP contribution in [-0.2, 0) is 0 Å². The van der Waals surface area contributed by atoms with Crippen molar-refractivity contribution in [3.63, 3.8) is 0 Å². The molecule has 0 radical (unpaired) electrons. The summed E-state index contributed by atoms with van der Waals surface area (Å²) in [6, 6.07) is 7.02. The van der Waals surface area contributed by atoms with Gasteiger partial charge in [0.2, 0.25) is 5.95 Å². The molecular weight excluding hydrogens is 352 g/mol. The molecule has 0 aliphatic heterocycles. The fourth-order valence-electron chi connectivity index (χ4n) is 2.62. The van der Waals surface area contributed by atoms with Gasteiger partial charge in [-0.05, 0) is 44.0 Å². The average Bonchev–Trinajstić information content (AvgIpc) is 2.60. The highest BCUT2D eigenvalue weighted by Crippen LogP contribution is 2.28. The van der Waals surface area contributed by atoms with Gasteiger partial charge in [-0.25, -0.2) is 9.97 Å². The summed E-state index contributed by atoms with van der Waals surface area (Å²) in [6.07, 6.45) is 1.82. The van der Waals surface area contributed by atoms with Crippen molar-refractivity contribution >= 4 is 29.1 Å². The molecule has 0 saturated heterocycles. The Kier molecular flexibility index (Phi) is 7.21. The summed E-state index contributed by atoms with van der Waals surface area (Å²) in [4.78, 5) is 23.4. The van der Waals surface area contributed by atoms with E-state index in [1.807, 2.05) is 17.9 Å². The van der Waals surface area contributed by atoms with E-state index in [4.69, 9.17) is 16.3 Å². The van der Waals surface area contributed by atoms with Gasteiger partial charge in [0.15, 0.2) is 0 Å². The first-order valence-corrected chi connectivity index (χ1v) is 9.11. The molecule has 1 aromatic carbocycles. The molecule has 0 spiro atoms. The summed E-state index contributed by atoms with van der Waals surface area (Å²) in [6.45, 7) is 7.39. The van der Waals surface area contributed by atoms with Crippen LogP contribution in [0.25, 0.3) is 0 Å². The van der Waals surface area contributed by atoms with E-state index in [1.54, 1.807) is 25.3 Å². The number of carbonyl (C=O) groups is 1. The standard InChI is InChI=1S/C19H25ClN4O2/c1-5-9-24(10-6-2)18(25)16-11-13(3)21-19(23-16)22-14-7-8-17(26-4)15(20)12-14/h7-8,11-12H,5-6,9-10H2,1-4H3,(H,21,22,23). The second kappa shape index (κ2) is 9.38. The van der Waals surface area contributed by atoms with Crippen LogP contribution in [0.1, 0.15) is 42.9 Å². The number of aromatic nitrogens is 2.